The van der Waals surface area contributed by atoms with E-state index in [0.29, 0.717) is 10.5 Å². The van der Waals surface area contributed by atoms with Crippen LogP contribution in [0, 0.1) is 5.82 Å². The molecule has 12 heavy (non-hydrogen) atoms. The number of hydrogen-bond donors (Lipinski definition) is 1. The largest absolute Gasteiger partial charge is 0.327 e. The van der Waals surface area contributed by atoms with Crippen molar-refractivity contribution >= 4 is 34.2 Å². The van der Waals surface area contributed by atoms with Gasteiger partial charge < -0.3 is 4.98 Å². The average Bonchev–Trinajstić information content (AvgIpc) is 2.41. The van der Waals surface area contributed by atoms with Crippen molar-refractivity contribution in [1.29, 1.82) is 0 Å². The molecule has 0 fully saturated rings. The first kappa shape index (κ1) is 7.83. The Balaban J connectivity index is 2.93. The third-order valence-electron chi connectivity index (χ3n) is 1.52. The van der Waals surface area contributed by atoms with Crippen LogP contribution < -0.4 is 0 Å². The van der Waals surface area contributed by atoms with E-state index >= 15 is 0 Å². The molecule has 1 N–H and O–H groups in total. The maximum Gasteiger partial charge on any atom is 0.201 e. The van der Waals surface area contributed by atoms with Crippen LogP contribution in [0.25, 0.3) is 11.0 Å². The predicted molar refractivity (Wildman–Crippen MR) is 46.1 cm³/mol. The second kappa shape index (κ2) is 2.61. The zero-order chi connectivity index (χ0) is 8.72. The highest BCUT2D eigenvalue weighted by Gasteiger charge is 2.08. The number of imidazole rings is 1. The van der Waals surface area contributed by atoms with Gasteiger partial charge in [0.05, 0.1) is 10.5 Å². The van der Waals surface area contributed by atoms with Gasteiger partial charge >= 0.3 is 0 Å². The molecule has 0 saturated heterocycles. The van der Waals surface area contributed by atoms with Crippen molar-refractivity contribution in [1.82, 2.24) is 9.97 Å². The number of aromatic amines is 1. The number of H-pyrrole nitrogens is 1. The normalized spacial score (nSPS) is 10.9. The van der Waals surface area contributed by atoms with Crippen molar-refractivity contribution in [3.05, 3.63) is 28.3 Å². The van der Waals surface area contributed by atoms with Gasteiger partial charge in [-0.15, -0.1) is 0 Å². The molecular weight excluding hydrogens is 202 g/mol. The van der Waals surface area contributed by atoms with Gasteiger partial charge in [-0.25, -0.2) is 9.37 Å². The van der Waals surface area contributed by atoms with Gasteiger partial charge in [0, 0.05) is 0 Å². The van der Waals surface area contributed by atoms with E-state index < -0.39 is 5.82 Å². The summed E-state index contributed by atoms with van der Waals surface area (Å²) in [6.45, 7) is 0. The summed E-state index contributed by atoms with van der Waals surface area (Å²) in [4.78, 5) is 6.37. The van der Waals surface area contributed by atoms with Gasteiger partial charge in [-0.2, -0.15) is 0 Å². The Bertz CT molecular complexity index is 399. The lowest BCUT2D eigenvalue weighted by Crippen LogP contribution is -1.77. The molecule has 2 aromatic rings. The van der Waals surface area contributed by atoms with Gasteiger partial charge in [-0.05, 0) is 23.7 Å². The molecule has 0 spiro atoms. The molecule has 1 aromatic heterocycles. The fourth-order valence-electron chi connectivity index (χ4n) is 0.999. The lowest BCUT2D eigenvalue weighted by Gasteiger charge is -1.91. The molecule has 0 radical (unpaired) electrons. The minimum Gasteiger partial charge on any atom is -0.327 e. The fraction of sp³-hybridized carbons (Fsp3) is 0. The van der Waals surface area contributed by atoms with Crippen molar-refractivity contribution in [3.63, 3.8) is 0 Å². The van der Waals surface area contributed by atoms with E-state index in [-0.39, 0.29) is 10.8 Å². The molecule has 0 atom stereocenters. The highest BCUT2D eigenvalue weighted by atomic mass is 35.5. The number of hydrogen-bond acceptors (Lipinski definition) is 1. The highest BCUT2D eigenvalue weighted by Crippen LogP contribution is 2.24. The summed E-state index contributed by atoms with van der Waals surface area (Å²) in [5.74, 6) is -0.433. The Kier molecular flexibility index (Phi) is 1.70. The molecule has 62 valence electrons. The average molecular weight is 205 g/mol. The van der Waals surface area contributed by atoms with Gasteiger partial charge in [-0.1, -0.05) is 11.6 Å². The van der Waals surface area contributed by atoms with Crippen LogP contribution in [0.15, 0.2) is 12.1 Å². The zero-order valence-electron chi connectivity index (χ0n) is 5.74. The van der Waals surface area contributed by atoms with Crippen molar-refractivity contribution in [2.75, 3.05) is 0 Å². The Morgan fingerprint density at radius 1 is 1.33 bits per heavy atom. The molecule has 1 aromatic carbocycles. The second-order valence-electron chi connectivity index (χ2n) is 2.28. The molecule has 1 heterocycles. The molecule has 5 heteroatoms. The van der Waals surface area contributed by atoms with Crippen LogP contribution in [0.3, 0.4) is 0 Å². The second-order valence-corrected chi connectivity index (χ2v) is 3.05. The number of aromatic nitrogens is 2. The number of rotatable bonds is 0. The quantitative estimate of drug-likeness (QED) is 0.703. The number of fused-ring (bicyclic) bond motifs is 1. The zero-order valence-corrected chi connectivity index (χ0v) is 7.25. The van der Waals surface area contributed by atoms with Crippen LogP contribution in [-0.2, 0) is 0 Å². The van der Waals surface area contributed by atoms with E-state index in [1.165, 1.54) is 12.1 Å². The lowest BCUT2D eigenvalue weighted by molar-refractivity contribution is 0.637. The maximum absolute atomic E-state index is 13.0. The molecule has 0 saturated carbocycles. The monoisotopic (exact) mass is 204 g/mol. The van der Waals surface area contributed by atoms with Crippen LogP contribution in [0.4, 0.5) is 4.39 Å². The molecule has 0 unspecified atom stereocenters. The van der Waals surface area contributed by atoms with Gasteiger partial charge in [-0.3, -0.25) is 0 Å². The fourth-order valence-corrected chi connectivity index (χ4v) is 1.38. The Labute approximate surface area is 77.3 Å². The molecule has 0 amide bonds. The molecule has 2 nitrogen and oxygen atoms in total. The van der Waals surface area contributed by atoms with Crippen molar-refractivity contribution in [2.24, 2.45) is 0 Å². The predicted octanol–water partition coefficient (Wildman–Crippen LogP) is 3.01. The van der Waals surface area contributed by atoms with E-state index in [0.717, 1.165) is 0 Å². The summed E-state index contributed by atoms with van der Waals surface area (Å²) in [5, 5.41) is 0.544. The molecule has 0 aliphatic heterocycles. The minimum atomic E-state index is -0.433. The summed E-state index contributed by atoms with van der Waals surface area (Å²) >= 11 is 11.3. The van der Waals surface area contributed by atoms with Crippen LogP contribution in [0.2, 0.25) is 10.3 Å². The first-order valence-electron chi connectivity index (χ1n) is 3.17. The molecular formula is C7H3Cl2FN2. The van der Waals surface area contributed by atoms with E-state index in [2.05, 4.69) is 9.97 Å². The smallest absolute Gasteiger partial charge is 0.201 e. The third-order valence-corrected chi connectivity index (χ3v) is 2.01. The summed E-state index contributed by atoms with van der Waals surface area (Å²) in [6.07, 6.45) is 0. The van der Waals surface area contributed by atoms with Crippen molar-refractivity contribution in [2.45, 2.75) is 0 Å². The molecule has 0 aliphatic carbocycles. The first-order valence-corrected chi connectivity index (χ1v) is 3.93. The van der Waals surface area contributed by atoms with Gasteiger partial charge in [0.2, 0.25) is 5.28 Å². The van der Waals surface area contributed by atoms with Crippen LogP contribution in [-0.4, -0.2) is 9.97 Å². The van der Waals surface area contributed by atoms with Crippen LogP contribution in [0.1, 0.15) is 0 Å². The van der Waals surface area contributed by atoms with Gasteiger partial charge in [0.25, 0.3) is 0 Å². The number of nitrogens with zero attached hydrogens (tertiary/aromatic N) is 1. The van der Waals surface area contributed by atoms with Crippen molar-refractivity contribution in [3.8, 4) is 0 Å². The molecule has 0 aliphatic rings. The number of halogens is 3. The third kappa shape index (κ3) is 1.06. The van der Waals surface area contributed by atoms with Crippen LogP contribution >= 0.6 is 23.2 Å². The Hall–Kier alpha value is -0.800. The van der Waals surface area contributed by atoms with E-state index in [9.17, 15) is 4.39 Å². The minimum absolute atomic E-state index is 0.136. The topological polar surface area (TPSA) is 28.7 Å². The summed E-state index contributed by atoms with van der Waals surface area (Å²) in [5.41, 5.74) is 0.606. The van der Waals surface area contributed by atoms with Gasteiger partial charge in [0.1, 0.15) is 5.52 Å². The van der Waals surface area contributed by atoms with E-state index in [1.54, 1.807) is 0 Å². The van der Waals surface area contributed by atoms with Gasteiger partial charge in [0.15, 0.2) is 5.82 Å². The SMILES string of the molecule is Fc1ccc(Cl)c2[nH]c(Cl)nc12. The summed E-state index contributed by atoms with van der Waals surface area (Å²) in [6, 6.07) is 2.70. The highest BCUT2D eigenvalue weighted by molar-refractivity contribution is 6.35. The molecule has 2 rings (SSSR count). The lowest BCUT2D eigenvalue weighted by atomic mass is 10.3. The Morgan fingerprint density at radius 2 is 2.08 bits per heavy atom. The number of benzene rings is 1. The molecule has 0 bridgehead atoms. The standard InChI is InChI=1S/C7H3Cl2FN2/c8-3-1-2-4(10)6-5(3)11-7(9)12-6/h1-2H,(H,11,12). The first-order chi connectivity index (χ1) is 5.68. The van der Waals surface area contributed by atoms with E-state index in [4.69, 9.17) is 23.2 Å². The Morgan fingerprint density at radius 3 is 2.75 bits per heavy atom. The maximum atomic E-state index is 13.0. The number of nitrogens with one attached hydrogen (secondary N) is 1. The summed E-state index contributed by atoms with van der Waals surface area (Å²) in [7, 11) is 0. The summed E-state index contributed by atoms with van der Waals surface area (Å²) < 4.78 is 13.0. The van der Waals surface area contributed by atoms with E-state index in [1.807, 2.05) is 0 Å². The van der Waals surface area contributed by atoms with Crippen molar-refractivity contribution < 1.29 is 4.39 Å². The van der Waals surface area contributed by atoms with Crippen LogP contribution in [0.5, 0.6) is 0 Å².